The molecule has 0 aliphatic carbocycles. The second-order valence-electron chi connectivity index (χ2n) is 5.34. The van der Waals surface area contributed by atoms with Gasteiger partial charge in [-0.1, -0.05) is 11.6 Å². The summed E-state index contributed by atoms with van der Waals surface area (Å²) >= 11 is 5.96. The van der Waals surface area contributed by atoms with Crippen LogP contribution in [0.1, 0.15) is 29.8 Å². The number of benzene rings is 2. The number of nitrogens with two attached hydrogens (primary N) is 1. The van der Waals surface area contributed by atoms with E-state index in [1.807, 2.05) is 19.1 Å². The van der Waals surface area contributed by atoms with E-state index in [0.717, 1.165) is 11.3 Å². The number of hydrogen-bond acceptors (Lipinski definition) is 4. The first-order valence-electron chi connectivity index (χ1n) is 7.00. The minimum Gasteiger partial charge on any atom is -0.459 e. The van der Waals surface area contributed by atoms with Crippen molar-refractivity contribution in [1.29, 1.82) is 0 Å². The van der Waals surface area contributed by atoms with Crippen LogP contribution in [-0.2, 0) is 4.74 Å². The van der Waals surface area contributed by atoms with Gasteiger partial charge in [0, 0.05) is 16.4 Å². The highest BCUT2D eigenvalue weighted by molar-refractivity contribution is 6.30. The quantitative estimate of drug-likeness (QED) is 0.641. The molecule has 5 heteroatoms. The monoisotopic (exact) mass is 318 g/mol. The summed E-state index contributed by atoms with van der Waals surface area (Å²) in [6, 6.07) is 10.6. The van der Waals surface area contributed by atoms with Crippen molar-refractivity contribution in [3.63, 3.8) is 0 Å². The van der Waals surface area contributed by atoms with Gasteiger partial charge in [-0.3, -0.25) is 0 Å². The average molecular weight is 319 g/mol. The number of carbonyl (C=O) groups is 1. The molecule has 116 valence electrons. The predicted molar refractivity (Wildman–Crippen MR) is 90.9 cm³/mol. The van der Waals surface area contributed by atoms with Crippen LogP contribution in [0.3, 0.4) is 0 Å². The van der Waals surface area contributed by atoms with Crippen LogP contribution < -0.4 is 11.1 Å². The van der Waals surface area contributed by atoms with Crippen LogP contribution in [0.5, 0.6) is 0 Å². The number of halogens is 1. The first kappa shape index (κ1) is 16.2. The van der Waals surface area contributed by atoms with Gasteiger partial charge in [0.25, 0.3) is 0 Å². The number of anilines is 3. The smallest absolute Gasteiger partial charge is 0.340 e. The van der Waals surface area contributed by atoms with Crippen molar-refractivity contribution in [2.75, 3.05) is 11.1 Å². The lowest BCUT2D eigenvalue weighted by atomic mass is 10.1. The summed E-state index contributed by atoms with van der Waals surface area (Å²) in [5.74, 6) is -0.406. The fraction of sp³-hybridized carbons (Fsp3) is 0.235. The number of nitrogens with one attached hydrogen (secondary N) is 1. The Bertz CT molecular complexity index is 699. The minimum absolute atomic E-state index is 0.195. The largest absolute Gasteiger partial charge is 0.459 e. The van der Waals surface area contributed by atoms with E-state index in [-0.39, 0.29) is 6.10 Å². The average Bonchev–Trinajstić information content (AvgIpc) is 2.42. The maximum atomic E-state index is 12.2. The summed E-state index contributed by atoms with van der Waals surface area (Å²) in [5, 5.41) is 3.90. The van der Waals surface area contributed by atoms with Crippen LogP contribution in [0.25, 0.3) is 0 Å². The fourth-order valence-corrected chi connectivity index (χ4v) is 2.26. The molecule has 22 heavy (non-hydrogen) atoms. The van der Waals surface area contributed by atoms with Crippen molar-refractivity contribution in [3.05, 3.63) is 52.5 Å². The Morgan fingerprint density at radius 1 is 1.18 bits per heavy atom. The molecule has 0 aromatic heterocycles. The molecule has 0 radical (unpaired) electrons. The molecule has 2 aromatic carbocycles. The molecule has 0 bridgehead atoms. The Morgan fingerprint density at radius 2 is 1.86 bits per heavy atom. The molecule has 3 N–H and O–H groups in total. The second-order valence-corrected chi connectivity index (χ2v) is 5.78. The highest BCUT2D eigenvalue weighted by Gasteiger charge is 2.15. The van der Waals surface area contributed by atoms with E-state index in [1.54, 1.807) is 38.1 Å². The summed E-state index contributed by atoms with van der Waals surface area (Å²) in [6.45, 7) is 5.55. The van der Waals surface area contributed by atoms with Gasteiger partial charge in [0.15, 0.2) is 0 Å². The molecular formula is C17H19ClN2O2. The normalized spacial score (nSPS) is 10.6. The molecule has 0 amide bonds. The minimum atomic E-state index is -0.406. The number of nitrogen functional groups attached to an aromatic ring is 1. The summed E-state index contributed by atoms with van der Waals surface area (Å²) in [6.07, 6.45) is -0.195. The molecule has 2 rings (SSSR count). The van der Waals surface area contributed by atoms with E-state index in [2.05, 4.69) is 5.32 Å². The number of esters is 1. The van der Waals surface area contributed by atoms with E-state index in [1.165, 1.54) is 0 Å². The zero-order valence-electron chi connectivity index (χ0n) is 12.8. The Kier molecular flexibility index (Phi) is 4.93. The SMILES string of the molecule is Cc1cc(Cl)ccc1Nc1ccc(N)cc1C(=O)OC(C)C. The summed E-state index contributed by atoms with van der Waals surface area (Å²) in [4.78, 5) is 12.2. The molecule has 0 heterocycles. The van der Waals surface area contributed by atoms with Gasteiger partial charge in [-0.15, -0.1) is 0 Å². The molecule has 0 fully saturated rings. The maximum absolute atomic E-state index is 12.2. The lowest BCUT2D eigenvalue weighted by Crippen LogP contribution is -2.13. The third-order valence-corrected chi connectivity index (χ3v) is 3.30. The van der Waals surface area contributed by atoms with Crippen molar-refractivity contribution in [2.24, 2.45) is 0 Å². The number of hydrogen-bond donors (Lipinski definition) is 2. The van der Waals surface area contributed by atoms with Gasteiger partial charge < -0.3 is 15.8 Å². The van der Waals surface area contributed by atoms with Gasteiger partial charge in [-0.25, -0.2) is 4.79 Å². The summed E-state index contributed by atoms with van der Waals surface area (Å²) < 4.78 is 5.26. The molecule has 2 aromatic rings. The van der Waals surface area contributed by atoms with Crippen molar-refractivity contribution < 1.29 is 9.53 Å². The van der Waals surface area contributed by atoms with Crippen LogP contribution in [0.4, 0.5) is 17.1 Å². The Morgan fingerprint density at radius 3 is 2.50 bits per heavy atom. The maximum Gasteiger partial charge on any atom is 0.340 e. The van der Waals surface area contributed by atoms with Crippen LogP contribution in [0.2, 0.25) is 5.02 Å². The first-order chi connectivity index (χ1) is 10.4. The molecular weight excluding hydrogens is 300 g/mol. The van der Waals surface area contributed by atoms with Gasteiger partial charge >= 0.3 is 5.97 Å². The summed E-state index contributed by atoms with van der Waals surface area (Å²) in [7, 11) is 0. The van der Waals surface area contributed by atoms with E-state index in [0.29, 0.717) is 22.0 Å². The number of carbonyl (C=O) groups excluding carboxylic acids is 1. The molecule has 0 saturated heterocycles. The third-order valence-electron chi connectivity index (χ3n) is 3.06. The zero-order valence-corrected chi connectivity index (χ0v) is 13.6. The molecule has 0 aliphatic rings. The standard InChI is InChI=1S/C17H19ClN2O2/c1-10(2)22-17(21)14-9-13(19)5-7-16(14)20-15-6-4-12(18)8-11(15)3/h4-10,20H,19H2,1-3H3. The van der Waals surface area contributed by atoms with E-state index in [9.17, 15) is 4.79 Å². The van der Waals surface area contributed by atoms with Gasteiger partial charge in [-0.05, 0) is 62.7 Å². The fourth-order valence-electron chi connectivity index (χ4n) is 2.03. The van der Waals surface area contributed by atoms with Crippen LogP contribution >= 0.6 is 11.6 Å². The lowest BCUT2D eigenvalue weighted by Gasteiger charge is -2.15. The van der Waals surface area contributed by atoms with Gasteiger partial charge in [-0.2, -0.15) is 0 Å². The van der Waals surface area contributed by atoms with Crippen molar-refractivity contribution >= 4 is 34.6 Å². The first-order valence-corrected chi connectivity index (χ1v) is 7.38. The zero-order chi connectivity index (χ0) is 16.3. The van der Waals surface area contributed by atoms with Gasteiger partial charge in [0.2, 0.25) is 0 Å². The number of aryl methyl sites for hydroxylation is 1. The summed E-state index contributed by atoms with van der Waals surface area (Å²) in [5.41, 5.74) is 9.19. The van der Waals surface area contributed by atoms with Gasteiger partial charge in [0.05, 0.1) is 17.4 Å². The van der Waals surface area contributed by atoms with Crippen molar-refractivity contribution in [3.8, 4) is 0 Å². The van der Waals surface area contributed by atoms with Crippen LogP contribution in [0.15, 0.2) is 36.4 Å². The van der Waals surface area contributed by atoms with Crippen molar-refractivity contribution in [1.82, 2.24) is 0 Å². The Labute approximate surface area is 135 Å². The highest BCUT2D eigenvalue weighted by atomic mass is 35.5. The van der Waals surface area contributed by atoms with Crippen LogP contribution in [0, 0.1) is 6.92 Å². The van der Waals surface area contributed by atoms with E-state index in [4.69, 9.17) is 22.1 Å². The Balaban J connectivity index is 2.36. The van der Waals surface area contributed by atoms with Crippen molar-refractivity contribution in [2.45, 2.75) is 26.9 Å². The number of ether oxygens (including phenoxy) is 1. The van der Waals surface area contributed by atoms with E-state index >= 15 is 0 Å². The van der Waals surface area contributed by atoms with E-state index < -0.39 is 5.97 Å². The molecule has 0 aliphatic heterocycles. The van der Waals surface area contributed by atoms with Crippen LogP contribution in [-0.4, -0.2) is 12.1 Å². The third kappa shape index (κ3) is 3.92. The molecule has 0 atom stereocenters. The molecule has 0 saturated carbocycles. The van der Waals surface area contributed by atoms with Gasteiger partial charge in [0.1, 0.15) is 0 Å². The highest BCUT2D eigenvalue weighted by Crippen LogP contribution is 2.27. The lowest BCUT2D eigenvalue weighted by molar-refractivity contribution is 0.0379. The Hall–Kier alpha value is -2.20. The predicted octanol–water partition coefficient (Wildman–Crippen LogP) is 4.54. The molecule has 0 spiro atoms. The number of rotatable bonds is 4. The molecule has 4 nitrogen and oxygen atoms in total. The topological polar surface area (TPSA) is 64.3 Å². The molecule has 0 unspecified atom stereocenters. The second kappa shape index (κ2) is 6.71.